The van der Waals surface area contributed by atoms with Gasteiger partial charge in [0.05, 0.1) is 0 Å². The number of unbranched alkanes of at least 4 members (excludes halogenated alkanes) is 1. The Morgan fingerprint density at radius 1 is 0.833 bits per heavy atom. The Kier molecular flexibility index (Phi) is 6.79. The van der Waals surface area contributed by atoms with E-state index in [0.717, 1.165) is 24.8 Å². The van der Waals surface area contributed by atoms with Crippen LogP contribution >= 0.6 is 0 Å². The van der Waals surface area contributed by atoms with Crippen LogP contribution in [-0.4, -0.2) is 6.36 Å². The van der Waals surface area contributed by atoms with Crippen LogP contribution in [0, 0.1) is 17.7 Å². The quantitative estimate of drug-likeness (QED) is 0.320. The normalized spacial score (nSPS) is 11.0. The summed E-state index contributed by atoms with van der Waals surface area (Å²) in [6.45, 7) is 2.14. The number of benzene rings is 3. The van der Waals surface area contributed by atoms with E-state index in [4.69, 9.17) is 0 Å². The Balaban J connectivity index is 1.72. The van der Waals surface area contributed by atoms with Gasteiger partial charge in [-0.2, -0.15) is 0 Å². The molecule has 0 radical (unpaired) electrons. The van der Waals surface area contributed by atoms with Crippen LogP contribution in [0.5, 0.6) is 5.75 Å². The van der Waals surface area contributed by atoms with E-state index < -0.39 is 6.36 Å². The van der Waals surface area contributed by atoms with Crippen molar-refractivity contribution in [1.29, 1.82) is 0 Å². The number of alkyl halides is 3. The average molecular weight is 412 g/mol. The van der Waals surface area contributed by atoms with Gasteiger partial charge in [-0.05, 0) is 60.4 Å². The zero-order chi connectivity index (χ0) is 21.6. The van der Waals surface area contributed by atoms with Crippen LogP contribution in [-0.2, 0) is 6.42 Å². The van der Waals surface area contributed by atoms with Crippen molar-refractivity contribution < 1.29 is 22.3 Å². The first-order valence-corrected chi connectivity index (χ1v) is 9.61. The Hall–Kier alpha value is -3.26. The molecular weight excluding hydrogens is 392 g/mol. The van der Waals surface area contributed by atoms with Gasteiger partial charge in [-0.1, -0.05) is 55.5 Å². The number of halogens is 4. The maximum Gasteiger partial charge on any atom is 0.573 e. The zero-order valence-corrected chi connectivity index (χ0v) is 16.4. The van der Waals surface area contributed by atoms with E-state index >= 15 is 0 Å². The molecule has 1 nitrogen and oxygen atoms in total. The molecule has 0 heterocycles. The molecule has 0 atom stereocenters. The van der Waals surface area contributed by atoms with Crippen molar-refractivity contribution in [1.82, 2.24) is 0 Å². The molecule has 30 heavy (non-hydrogen) atoms. The van der Waals surface area contributed by atoms with Gasteiger partial charge in [0, 0.05) is 16.7 Å². The molecule has 0 aliphatic heterocycles. The smallest absolute Gasteiger partial charge is 0.406 e. The van der Waals surface area contributed by atoms with E-state index in [2.05, 4.69) is 23.5 Å². The predicted octanol–water partition coefficient (Wildman–Crippen LogP) is 7.13. The Morgan fingerprint density at radius 3 is 2.07 bits per heavy atom. The van der Waals surface area contributed by atoms with Crippen molar-refractivity contribution >= 4 is 0 Å². The van der Waals surface area contributed by atoms with Gasteiger partial charge < -0.3 is 4.74 Å². The minimum absolute atomic E-state index is 0.316. The van der Waals surface area contributed by atoms with Crippen LogP contribution in [0.3, 0.4) is 0 Å². The van der Waals surface area contributed by atoms with Crippen LogP contribution < -0.4 is 4.74 Å². The number of rotatable bonds is 5. The van der Waals surface area contributed by atoms with Gasteiger partial charge in [0.2, 0.25) is 0 Å². The molecule has 0 aliphatic carbocycles. The van der Waals surface area contributed by atoms with Crippen LogP contribution in [0.15, 0.2) is 66.7 Å². The Bertz CT molecular complexity index is 1040. The predicted molar refractivity (Wildman–Crippen MR) is 110 cm³/mol. The van der Waals surface area contributed by atoms with Crippen molar-refractivity contribution in [3.05, 3.63) is 89.2 Å². The minimum atomic E-state index is -4.73. The number of aryl methyl sites for hydroxylation is 1. The molecule has 154 valence electrons. The third-order valence-corrected chi connectivity index (χ3v) is 4.49. The van der Waals surface area contributed by atoms with Crippen molar-refractivity contribution in [2.75, 3.05) is 0 Å². The maximum atomic E-state index is 14.6. The van der Waals surface area contributed by atoms with Gasteiger partial charge in [-0.3, -0.25) is 0 Å². The number of ether oxygens (including phenoxy) is 1. The molecule has 0 bridgehead atoms. The van der Waals surface area contributed by atoms with Gasteiger partial charge in [-0.25, -0.2) is 4.39 Å². The van der Waals surface area contributed by atoms with E-state index in [1.807, 2.05) is 24.3 Å². The van der Waals surface area contributed by atoms with E-state index in [1.165, 1.54) is 35.9 Å². The lowest BCUT2D eigenvalue weighted by molar-refractivity contribution is -0.274. The highest BCUT2D eigenvalue weighted by molar-refractivity contribution is 5.65. The summed E-state index contributed by atoms with van der Waals surface area (Å²) in [7, 11) is 0. The lowest BCUT2D eigenvalue weighted by atomic mass is 10.00. The molecule has 5 heteroatoms. The molecule has 0 aliphatic rings. The maximum absolute atomic E-state index is 14.6. The van der Waals surface area contributed by atoms with E-state index in [-0.39, 0.29) is 11.6 Å². The number of hydrogen-bond acceptors (Lipinski definition) is 1. The molecule has 0 aromatic heterocycles. The van der Waals surface area contributed by atoms with E-state index in [1.54, 1.807) is 12.1 Å². The van der Waals surface area contributed by atoms with Crippen molar-refractivity contribution in [2.24, 2.45) is 0 Å². The second-order valence-electron chi connectivity index (χ2n) is 6.82. The molecular formula is C25H20F4O. The van der Waals surface area contributed by atoms with E-state index in [9.17, 15) is 17.6 Å². The lowest BCUT2D eigenvalue weighted by Crippen LogP contribution is -2.16. The molecule has 0 unspecified atom stereocenters. The highest BCUT2D eigenvalue weighted by atomic mass is 19.4. The fourth-order valence-corrected chi connectivity index (χ4v) is 2.94. The van der Waals surface area contributed by atoms with E-state index in [0.29, 0.717) is 16.7 Å². The molecule has 0 amide bonds. The van der Waals surface area contributed by atoms with Crippen LogP contribution in [0.25, 0.3) is 11.1 Å². The number of hydrogen-bond donors (Lipinski definition) is 0. The van der Waals surface area contributed by atoms with Crippen LogP contribution in [0.2, 0.25) is 0 Å². The second kappa shape index (κ2) is 9.49. The third-order valence-electron chi connectivity index (χ3n) is 4.49. The third kappa shape index (κ3) is 6.12. The monoisotopic (exact) mass is 412 g/mol. The summed E-state index contributed by atoms with van der Waals surface area (Å²) in [6.07, 6.45) is -1.47. The average Bonchev–Trinajstić information content (AvgIpc) is 2.71. The first kappa shape index (κ1) is 21.4. The van der Waals surface area contributed by atoms with Gasteiger partial charge >= 0.3 is 6.36 Å². The molecule has 3 aromatic carbocycles. The summed E-state index contributed by atoms with van der Waals surface area (Å²) in [4.78, 5) is 0. The second-order valence-corrected chi connectivity index (χ2v) is 6.82. The minimum Gasteiger partial charge on any atom is -0.406 e. The largest absolute Gasteiger partial charge is 0.573 e. The molecule has 0 N–H and O–H groups in total. The molecule has 0 spiro atoms. The molecule has 0 saturated carbocycles. The highest BCUT2D eigenvalue weighted by Gasteiger charge is 2.30. The van der Waals surface area contributed by atoms with Gasteiger partial charge in [0.25, 0.3) is 0 Å². The SMILES string of the molecule is CCCCc1ccc(-c2ccc(C#Cc3ccc(OC(F)(F)F)cc3)cc2F)cc1. The Morgan fingerprint density at radius 2 is 1.47 bits per heavy atom. The van der Waals surface area contributed by atoms with Crippen molar-refractivity contribution in [2.45, 2.75) is 32.5 Å². The van der Waals surface area contributed by atoms with Gasteiger partial charge in [0.1, 0.15) is 11.6 Å². The molecule has 0 saturated heterocycles. The van der Waals surface area contributed by atoms with Gasteiger partial charge in [0.15, 0.2) is 0 Å². The first-order valence-electron chi connectivity index (χ1n) is 9.61. The fourth-order valence-electron chi connectivity index (χ4n) is 2.94. The summed E-state index contributed by atoms with van der Waals surface area (Å²) in [5, 5.41) is 0. The molecule has 3 rings (SSSR count). The van der Waals surface area contributed by atoms with Gasteiger partial charge in [-0.15, -0.1) is 13.2 Å². The van der Waals surface area contributed by atoms with Crippen LogP contribution in [0.1, 0.15) is 36.5 Å². The summed E-state index contributed by atoms with van der Waals surface area (Å²) < 4.78 is 55.0. The summed E-state index contributed by atoms with van der Waals surface area (Å²) in [5.41, 5.74) is 3.50. The molecule has 0 fully saturated rings. The lowest BCUT2D eigenvalue weighted by Gasteiger charge is -2.08. The van der Waals surface area contributed by atoms with Crippen molar-refractivity contribution in [3.8, 4) is 28.7 Å². The van der Waals surface area contributed by atoms with Crippen LogP contribution in [0.4, 0.5) is 17.6 Å². The highest BCUT2D eigenvalue weighted by Crippen LogP contribution is 2.25. The molecule has 3 aromatic rings. The fraction of sp³-hybridized carbons (Fsp3) is 0.200. The summed E-state index contributed by atoms with van der Waals surface area (Å²) in [6, 6.07) is 17.8. The standard InChI is InChI=1S/C25H20F4O/c1-2-3-4-18-7-12-21(13-8-18)23-16-11-20(17-24(23)26)6-5-19-9-14-22(15-10-19)30-25(27,28)29/h7-17H,2-4H2,1H3. The zero-order valence-electron chi connectivity index (χ0n) is 16.4. The van der Waals surface area contributed by atoms with Crippen molar-refractivity contribution in [3.63, 3.8) is 0 Å². The Labute approximate surface area is 173 Å². The topological polar surface area (TPSA) is 9.23 Å². The first-order chi connectivity index (χ1) is 14.3. The summed E-state index contributed by atoms with van der Waals surface area (Å²) in [5.74, 6) is 4.95. The summed E-state index contributed by atoms with van der Waals surface area (Å²) >= 11 is 0.